The highest BCUT2D eigenvalue weighted by Gasteiger charge is 2.41. The Morgan fingerprint density at radius 3 is 2.45 bits per heavy atom. The van der Waals surface area contributed by atoms with Crippen LogP contribution in [0.1, 0.15) is 29.0 Å². The Balaban J connectivity index is 1.63. The van der Waals surface area contributed by atoms with Crippen LogP contribution < -0.4 is 0 Å². The first-order valence-electron chi connectivity index (χ1n) is 9.90. The van der Waals surface area contributed by atoms with Crippen molar-refractivity contribution in [2.45, 2.75) is 47.4 Å². The molecule has 0 aliphatic carbocycles. The van der Waals surface area contributed by atoms with Crippen LogP contribution in [0.25, 0.3) is 0 Å². The second-order valence-electron chi connectivity index (χ2n) is 7.39. The SMILES string of the molecule is Cc1nn(C(=O)C2CCCN2S(=O)(=O)c2ccccc2)c(C)c1Sc1ccc(Cl)cc1. The molecule has 0 amide bonds. The lowest BCUT2D eigenvalue weighted by atomic mass is 10.2. The molecule has 9 heteroatoms. The van der Waals surface area contributed by atoms with Gasteiger partial charge < -0.3 is 0 Å². The summed E-state index contributed by atoms with van der Waals surface area (Å²) in [6, 6.07) is 14.9. The van der Waals surface area contributed by atoms with Gasteiger partial charge in [-0.1, -0.05) is 41.6 Å². The third-order valence-corrected chi connectivity index (χ3v) is 8.78. The van der Waals surface area contributed by atoms with Crippen LogP contribution in [-0.2, 0) is 10.0 Å². The Morgan fingerprint density at radius 2 is 1.77 bits per heavy atom. The van der Waals surface area contributed by atoms with E-state index in [1.54, 1.807) is 30.3 Å². The van der Waals surface area contributed by atoms with Crippen molar-refractivity contribution < 1.29 is 13.2 Å². The number of carbonyl (C=O) groups is 1. The molecule has 0 spiro atoms. The van der Waals surface area contributed by atoms with Gasteiger partial charge in [-0.05, 0) is 63.1 Å². The van der Waals surface area contributed by atoms with Gasteiger partial charge in [0.15, 0.2) is 0 Å². The predicted octanol–water partition coefficient (Wildman–Crippen LogP) is 4.80. The molecular formula is C22H22ClN3O3S2. The summed E-state index contributed by atoms with van der Waals surface area (Å²) >= 11 is 7.47. The zero-order valence-electron chi connectivity index (χ0n) is 17.2. The van der Waals surface area contributed by atoms with Crippen molar-refractivity contribution in [3.63, 3.8) is 0 Å². The molecule has 1 aliphatic heterocycles. The van der Waals surface area contributed by atoms with Gasteiger partial charge in [0.2, 0.25) is 10.0 Å². The van der Waals surface area contributed by atoms with E-state index in [-0.39, 0.29) is 10.8 Å². The molecule has 31 heavy (non-hydrogen) atoms. The van der Waals surface area contributed by atoms with Crippen molar-refractivity contribution in [1.29, 1.82) is 0 Å². The van der Waals surface area contributed by atoms with Crippen molar-refractivity contribution in [2.24, 2.45) is 0 Å². The van der Waals surface area contributed by atoms with E-state index >= 15 is 0 Å². The fourth-order valence-corrected chi connectivity index (χ4v) is 6.48. The molecule has 1 saturated heterocycles. The molecule has 1 fully saturated rings. The largest absolute Gasteiger partial charge is 0.271 e. The highest BCUT2D eigenvalue weighted by atomic mass is 35.5. The lowest BCUT2D eigenvalue weighted by molar-refractivity contribution is 0.0813. The average Bonchev–Trinajstić information content (AvgIpc) is 3.37. The number of hydrogen-bond acceptors (Lipinski definition) is 5. The number of sulfonamides is 1. The fraction of sp³-hybridized carbons (Fsp3) is 0.273. The summed E-state index contributed by atoms with van der Waals surface area (Å²) in [7, 11) is -3.76. The lowest BCUT2D eigenvalue weighted by Crippen LogP contribution is -2.43. The monoisotopic (exact) mass is 475 g/mol. The van der Waals surface area contributed by atoms with Crippen LogP contribution in [0.15, 0.2) is 69.3 Å². The van der Waals surface area contributed by atoms with Crippen molar-refractivity contribution in [3.8, 4) is 0 Å². The maximum absolute atomic E-state index is 13.4. The minimum atomic E-state index is -3.76. The number of rotatable bonds is 5. The Kier molecular flexibility index (Phi) is 6.25. The van der Waals surface area contributed by atoms with Crippen LogP contribution in [-0.4, -0.2) is 41.0 Å². The van der Waals surface area contributed by atoms with E-state index in [4.69, 9.17) is 11.6 Å². The minimum absolute atomic E-state index is 0.196. The fourth-order valence-electron chi connectivity index (χ4n) is 3.75. The standard InChI is InChI=1S/C22H22ClN3O3S2/c1-15-21(30-18-12-10-17(23)11-13-18)16(2)26(24-15)22(27)20-9-6-14-25(20)31(28,29)19-7-4-3-5-8-19/h3-5,7-8,10-13,20H,6,9,14H2,1-2H3. The van der Waals surface area contributed by atoms with E-state index in [9.17, 15) is 13.2 Å². The van der Waals surface area contributed by atoms with E-state index in [2.05, 4.69) is 5.10 Å². The predicted molar refractivity (Wildman–Crippen MR) is 121 cm³/mol. The van der Waals surface area contributed by atoms with Crippen LogP contribution in [0.5, 0.6) is 0 Å². The number of nitrogens with zero attached hydrogens (tertiary/aromatic N) is 3. The maximum atomic E-state index is 13.4. The number of aryl methyl sites for hydroxylation is 1. The minimum Gasteiger partial charge on any atom is -0.271 e. The summed E-state index contributed by atoms with van der Waals surface area (Å²) in [5, 5.41) is 5.11. The van der Waals surface area contributed by atoms with Gasteiger partial charge in [-0.25, -0.2) is 13.1 Å². The zero-order valence-corrected chi connectivity index (χ0v) is 19.5. The van der Waals surface area contributed by atoms with Crippen LogP contribution in [0.3, 0.4) is 0 Å². The first-order valence-corrected chi connectivity index (χ1v) is 12.5. The summed E-state index contributed by atoms with van der Waals surface area (Å²) < 4.78 is 28.9. The molecule has 0 radical (unpaired) electrons. The highest BCUT2D eigenvalue weighted by Crippen LogP contribution is 2.34. The quantitative estimate of drug-likeness (QED) is 0.530. The lowest BCUT2D eigenvalue weighted by Gasteiger charge is -2.23. The highest BCUT2D eigenvalue weighted by molar-refractivity contribution is 7.99. The first-order chi connectivity index (χ1) is 14.8. The second-order valence-corrected chi connectivity index (χ2v) is 10.8. The van der Waals surface area contributed by atoms with Gasteiger partial charge in [-0.3, -0.25) is 4.79 Å². The van der Waals surface area contributed by atoms with Gasteiger partial charge in [0.1, 0.15) is 6.04 Å². The Bertz CT molecular complexity index is 1210. The number of aromatic nitrogens is 2. The van der Waals surface area contributed by atoms with Gasteiger partial charge in [0.25, 0.3) is 5.91 Å². The summed E-state index contributed by atoms with van der Waals surface area (Å²) in [6.45, 7) is 4.00. The molecule has 4 rings (SSSR count). The Hall–Kier alpha value is -2.13. The molecule has 0 saturated carbocycles. The average molecular weight is 476 g/mol. The molecule has 1 aromatic heterocycles. The van der Waals surface area contributed by atoms with E-state index < -0.39 is 16.1 Å². The van der Waals surface area contributed by atoms with Gasteiger partial charge in [-0.2, -0.15) is 9.40 Å². The Labute approximate surface area is 191 Å². The van der Waals surface area contributed by atoms with Crippen LogP contribution >= 0.6 is 23.4 Å². The molecule has 0 bridgehead atoms. The molecule has 1 atom stereocenters. The van der Waals surface area contributed by atoms with Crippen LogP contribution in [0, 0.1) is 13.8 Å². The third kappa shape index (κ3) is 4.30. The molecule has 2 aromatic carbocycles. The summed E-state index contributed by atoms with van der Waals surface area (Å²) in [4.78, 5) is 15.4. The van der Waals surface area contributed by atoms with Crippen molar-refractivity contribution in [2.75, 3.05) is 6.54 Å². The first kappa shape index (κ1) is 22.1. The van der Waals surface area contributed by atoms with Gasteiger partial charge in [-0.15, -0.1) is 0 Å². The van der Waals surface area contributed by atoms with Crippen molar-refractivity contribution in [3.05, 3.63) is 71.0 Å². The maximum Gasteiger partial charge on any atom is 0.265 e. The second kappa shape index (κ2) is 8.78. The number of halogens is 1. The van der Waals surface area contributed by atoms with Gasteiger partial charge >= 0.3 is 0 Å². The van der Waals surface area contributed by atoms with Crippen LogP contribution in [0.2, 0.25) is 5.02 Å². The summed E-state index contributed by atoms with van der Waals surface area (Å²) in [5.74, 6) is -0.319. The van der Waals surface area contributed by atoms with E-state index in [1.807, 2.05) is 38.1 Å². The summed E-state index contributed by atoms with van der Waals surface area (Å²) in [5.41, 5.74) is 1.42. The van der Waals surface area contributed by atoms with Gasteiger partial charge in [0.05, 0.1) is 21.2 Å². The molecule has 0 N–H and O–H groups in total. The van der Waals surface area contributed by atoms with E-state index in [0.717, 1.165) is 15.5 Å². The Morgan fingerprint density at radius 1 is 1.10 bits per heavy atom. The molecular weight excluding hydrogens is 454 g/mol. The molecule has 3 aromatic rings. The number of hydrogen-bond donors (Lipinski definition) is 0. The van der Waals surface area contributed by atoms with Crippen molar-refractivity contribution in [1.82, 2.24) is 14.1 Å². The molecule has 2 heterocycles. The summed E-state index contributed by atoms with van der Waals surface area (Å²) in [6.07, 6.45) is 1.11. The smallest absolute Gasteiger partial charge is 0.265 e. The number of benzene rings is 2. The zero-order chi connectivity index (χ0) is 22.2. The third-order valence-electron chi connectivity index (χ3n) is 5.31. The van der Waals surface area contributed by atoms with Gasteiger partial charge in [0, 0.05) is 16.5 Å². The van der Waals surface area contributed by atoms with Crippen molar-refractivity contribution >= 4 is 39.3 Å². The molecule has 1 unspecified atom stereocenters. The molecule has 6 nitrogen and oxygen atoms in total. The topological polar surface area (TPSA) is 72.3 Å². The number of carbonyl (C=O) groups excluding carboxylic acids is 1. The molecule has 162 valence electrons. The normalized spacial score (nSPS) is 17.2. The van der Waals surface area contributed by atoms with E-state index in [0.29, 0.717) is 30.1 Å². The van der Waals surface area contributed by atoms with Crippen LogP contribution in [0.4, 0.5) is 0 Å². The van der Waals surface area contributed by atoms with E-state index in [1.165, 1.54) is 20.7 Å². The molecule has 1 aliphatic rings.